The summed E-state index contributed by atoms with van der Waals surface area (Å²) in [6.07, 6.45) is 38.1. The second-order valence-electron chi connectivity index (χ2n) is 12.5. The molecule has 0 aliphatic heterocycles. The van der Waals surface area contributed by atoms with E-state index in [1.54, 1.807) is 0 Å². The van der Waals surface area contributed by atoms with Gasteiger partial charge in [0, 0.05) is 12.8 Å². The highest BCUT2D eigenvalue weighted by molar-refractivity contribution is 5.76. The van der Waals surface area contributed by atoms with Gasteiger partial charge in [-0.05, 0) is 38.5 Å². The predicted octanol–water partition coefficient (Wildman–Crippen LogP) is 10.5. The molecule has 0 radical (unpaired) electrons. The molecule has 0 saturated heterocycles. The van der Waals surface area contributed by atoms with Crippen LogP contribution in [0, 0.1) is 0 Å². The zero-order valence-electron chi connectivity index (χ0n) is 28.1. The molecule has 1 unspecified atom stereocenters. The van der Waals surface area contributed by atoms with Crippen molar-refractivity contribution in [2.24, 2.45) is 0 Å². The van der Waals surface area contributed by atoms with Crippen molar-refractivity contribution in [3.63, 3.8) is 0 Å². The van der Waals surface area contributed by atoms with Crippen LogP contribution >= 0.6 is 0 Å². The molecule has 0 aliphatic carbocycles. The molecule has 0 heterocycles. The number of hydrogen-bond donors (Lipinski definition) is 2. The summed E-state index contributed by atoms with van der Waals surface area (Å²) in [5, 5.41) is 12.4. The van der Waals surface area contributed by atoms with Crippen LogP contribution in [0.3, 0.4) is 0 Å². The third-order valence-corrected chi connectivity index (χ3v) is 8.18. The summed E-state index contributed by atoms with van der Waals surface area (Å²) in [4.78, 5) is 24.3. The minimum absolute atomic E-state index is 0.0464. The van der Waals surface area contributed by atoms with E-state index in [2.05, 4.69) is 31.3 Å². The lowest BCUT2D eigenvalue weighted by Crippen LogP contribution is -2.41. The van der Waals surface area contributed by atoms with Crippen molar-refractivity contribution in [2.75, 3.05) is 13.2 Å². The number of hydrogen-bond acceptors (Lipinski definition) is 4. The Morgan fingerprint density at radius 2 is 0.952 bits per heavy atom. The smallest absolute Gasteiger partial charge is 0.305 e. The van der Waals surface area contributed by atoms with Crippen molar-refractivity contribution in [3.05, 3.63) is 12.2 Å². The molecule has 2 N–H and O–H groups in total. The summed E-state index contributed by atoms with van der Waals surface area (Å²) in [6, 6.07) is -0.516. The second-order valence-corrected chi connectivity index (χ2v) is 12.5. The van der Waals surface area contributed by atoms with Crippen LogP contribution in [0.5, 0.6) is 0 Å². The van der Waals surface area contributed by atoms with Crippen LogP contribution in [0.25, 0.3) is 0 Å². The topological polar surface area (TPSA) is 75.6 Å². The van der Waals surface area contributed by atoms with Gasteiger partial charge in [0.25, 0.3) is 0 Å². The Morgan fingerprint density at radius 3 is 1.38 bits per heavy atom. The van der Waals surface area contributed by atoms with E-state index in [1.165, 1.54) is 128 Å². The largest absolute Gasteiger partial charge is 0.463 e. The molecular weight excluding hydrogens is 522 g/mol. The molecule has 5 heteroatoms. The normalized spacial score (nSPS) is 12.2. The Balaban J connectivity index is 3.55. The van der Waals surface area contributed by atoms with E-state index in [0.29, 0.717) is 12.8 Å². The Hall–Kier alpha value is -1.36. The molecule has 0 aromatic heterocycles. The third kappa shape index (κ3) is 31.6. The van der Waals surface area contributed by atoms with Crippen LogP contribution < -0.4 is 5.32 Å². The molecule has 0 aliphatic rings. The maximum absolute atomic E-state index is 12.2. The van der Waals surface area contributed by atoms with E-state index in [9.17, 15) is 14.7 Å². The highest BCUT2D eigenvalue weighted by Gasteiger charge is 2.14. The van der Waals surface area contributed by atoms with E-state index in [4.69, 9.17) is 4.74 Å². The molecule has 248 valence electrons. The lowest BCUT2D eigenvalue weighted by Gasteiger charge is -2.16. The first-order valence-electron chi connectivity index (χ1n) is 18.3. The number of unbranched alkanes of at least 4 members (excludes halogenated alkanes) is 23. The Bertz CT molecular complexity index is 607. The first-order valence-corrected chi connectivity index (χ1v) is 18.3. The molecule has 1 atom stereocenters. The number of rotatable bonds is 33. The van der Waals surface area contributed by atoms with Crippen LogP contribution in [-0.4, -0.2) is 36.2 Å². The van der Waals surface area contributed by atoms with Crippen LogP contribution in [0.4, 0.5) is 0 Å². The summed E-state index contributed by atoms with van der Waals surface area (Å²) >= 11 is 0. The van der Waals surface area contributed by atoms with Gasteiger partial charge in [-0.25, -0.2) is 0 Å². The monoisotopic (exact) mass is 594 g/mol. The standard InChI is InChI=1S/C37H71NO4/c1-3-5-7-9-11-13-15-17-18-20-22-24-26-28-30-32-37(41)42-34-35(33-39)38-36(40)31-29-27-25-23-21-19-16-14-12-10-8-6-4-2/h17-18,35,39H,3-16,19-34H2,1-2H3,(H,38,40)/b18-17-. The summed E-state index contributed by atoms with van der Waals surface area (Å²) < 4.78 is 5.31. The maximum atomic E-state index is 12.2. The molecule has 0 spiro atoms. The van der Waals surface area contributed by atoms with Gasteiger partial charge in [0.05, 0.1) is 12.6 Å². The summed E-state index contributed by atoms with van der Waals surface area (Å²) in [6.45, 7) is 4.35. The Morgan fingerprint density at radius 1 is 0.571 bits per heavy atom. The summed E-state index contributed by atoms with van der Waals surface area (Å²) in [7, 11) is 0. The molecule has 0 fully saturated rings. The Kier molecular flexibility index (Phi) is 33.0. The number of esters is 1. The number of carbonyl (C=O) groups is 2. The van der Waals surface area contributed by atoms with Crippen molar-refractivity contribution >= 4 is 11.9 Å². The fourth-order valence-electron chi connectivity index (χ4n) is 5.35. The first-order chi connectivity index (χ1) is 20.6. The highest BCUT2D eigenvalue weighted by Crippen LogP contribution is 2.13. The summed E-state index contributed by atoms with van der Waals surface area (Å²) in [5.74, 6) is -0.303. The average Bonchev–Trinajstić information content (AvgIpc) is 2.99. The SMILES string of the molecule is CCCCCCCC/C=C\CCCCCCCC(=O)OCC(CO)NC(=O)CCCCCCCCCCCCCCC. The van der Waals surface area contributed by atoms with Crippen molar-refractivity contribution < 1.29 is 19.4 Å². The van der Waals surface area contributed by atoms with Crippen LogP contribution in [0.2, 0.25) is 0 Å². The van der Waals surface area contributed by atoms with E-state index >= 15 is 0 Å². The average molecular weight is 594 g/mol. The molecule has 0 aromatic carbocycles. The van der Waals surface area contributed by atoms with Crippen LogP contribution in [0.15, 0.2) is 12.2 Å². The van der Waals surface area contributed by atoms with Crippen molar-refractivity contribution in [1.82, 2.24) is 5.32 Å². The zero-order chi connectivity index (χ0) is 30.8. The first kappa shape index (κ1) is 40.6. The van der Waals surface area contributed by atoms with Gasteiger partial charge in [-0.1, -0.05) is 154 Å². The van der Waals surface area contributed by atoms with Gasteiger partial charge in [-0.15, -0.1) is 0 Å². The molecule has 0 saturated carbocycles. The fourth-order valence-corrected chi connectivity index (χ4v) is 5.35. The van der Waals surface area contributed by atoms with Gasteiger partial charge in [0.1, 0.15) is 6.61 Å². The fraction of sp³-hybridized carbons (Fsp3) is 0.892. The van der Waals surface area contributed by atoms with Crippen molar-refractivity contribution in [2.45, 2.75) is 200 Å². The molecule has 0 rings (SSSR count). The maximum Gasteiger partial charge on any atom is 0.305 e. The number of allylic oxidation sites excluding steroid dienone is 2. The quantitative estimate of drug-likeness (QED) is 0.0451. The van der Waals surface area contributed by atoms with Gasteiger partial charge < -0.3 is 15.2 Å². The van der Waals surface area contributed by atoms with Gasteiger partial charge in [-0.2, -0.15) is 0 Å². The van der Waals surface area contributed by atoms with Gasteiger partial charge in [0.2, 0.25) is 5.91 Å². The molecule has 42 heavy (non-hydrogen) atoms. The number of ether oxygens (including phenoxy) is 1. The molecular formula is C37H71NO4. The van der Waals surface area contributed by atoms with E-state index in [1.807, 2.05) is 0 Å². The molecule has 1 amide bonds. The van der Waals surface area contributed by atoms with Crippen LogP contribution in [-0.2, 0) is 14.3 Å². The van der Waals surface area contributed by atoms with Gasteiger partial charge in [-0.3, -0.25) is 9.59 Å². The van der Waals surface area contributed by atoms with Gasteiger partial charge >= 0.3 is 5.97 Å². The number of nitrogens with one attached hydrogen (secondary N) is 1. The molecule has 5 nitrogen and oxygen atoms in total. The predicted molar refractivity (Wildman–Crippen MR) is 180 cm³/mol. The number of carbonyl (C=O) groups excluding carboxylic acids is 2. The van der Waals surface area contributed by atoms with E-state index < -0.39 is 6.04 Å². The third-order valence-electron chi connectivity index (χ3n) is 8.18. The van der Waals surface area contributed by atoms with Gasteiger partial charge in [0.15, 0.2) is 0 Å². The van der Waals surface area contributed by atoms with Crippen molar-refractivity contribution in [3.8, 4) is 0 Å². The zero-order valence-corrected chi connectivity index (χ0v) is 28.1. The van der Waals surface area contributed by atoms with Crippen molar-refractivity contribution in [1.29, 1.82) is 0 Å². The molecule has 0 aromatic rings. The minimum atomic E-state index is -0.516. The number of aliphatic hydroxyl groups excluding tert-OH is 1. The summed E-state index contributed by atoms with van der Waals surface area (Å²) in [5.41, 5.74) is 0. The molecule has 0 bridgehead atoms. The second kappa shape index (κ2) is 34.1. The minimum Gasteiger partial charge on any atom is -0.463 e. The van der Waals surface area contributed by atoms with E-state index in [-0.39, 0.29) is 25.1 Å². The lowest BCUT2D eigenvalue weighted by atomic mass is 10.0. The highest BCUT2D eigenvalue weighted by atomic mass is 16.5. The van der Waals surface area contributed by atoms with Crippen LogP contribution in [0.1, 0.15) is 194 Å². The van der Waals surface area contributed by atoms with E-state index in [0.717, 1.165) is 38.5 Å². The number of aliphatic hydroxyl groups is 1. The lowest BCUT2D eigenvalue weighted by molar-refractivity contribution is -0.145. The Labute approximate surface area is 261 Å². The number of amides is 1.